The van der Waals surface area contributed by atoms with Gasteiger partial charge in [-0.2, -0.15) is 0 Å². The second-order valence-electron chi connectivity index (χ2n) is 7.35. The van der Waals surface area contributed by atoms with E-state index in [9.17, 15) is 14.7 Å². The van der Waals surface area contributed by atoms with Gasteiger partial charge in [0.15, 0.2) is 0 Å². The van der Waals surface area contributed by atoms with Crippen molar-refractivity contribution in [3.05, 3.63) is 56.5 Å². The molecule has 3 N–H and O–H groups in total. The minimum atomic E-state index is -0.894. The highest BCUT2D eigenvalue weighted by Gasteiger charge is 2.41. The number of nitrogens with one attached hydrogen (secondary N) is 2. The molecule has 1 amide bonds. The van der Waals surface area contributed by atoms with Crippen molar-refractivity contribution in [2.24, 2.45) is 5.92 Å². The van der Waals surface area contributed by atoms with E-state index in [2.05, 4.69) is 10.3 Å². The molecule has 1 aliphatic carbocycles. The molecule has 0 saturated carbocycles. The number of benzene rings is 1. The van der Waals surface area contributed by atoms with Crippen LogP contribution in [-0.2, 0) is 16.0 Å². The highest BCUT2D eigenvalue weighted by atomic mass is 35.5. The van der Waals surface area contributed by atoms with Gasteiger partial charge in [-0.05, 0) is 30.0 Å². The molecule has 3 aromatic rings. The van der Waals surface area contributed by atoms with E-state index >= 15 is 0 Å². The SMILES string of the molecule is COCC[C@@H](C(=O)O)[C@@H]1c2ccccc2C[C@H]1NC(=O)c1cc2sc(Cl)c(Cl)c2[nH]1. The molecule has 0 unspecified atom stereocenters. The van der Waals surface area contributed by atoms with Gasteiger partial charge in [-0.1, -0.05) is 47.5 Å². The average molecular weight is 467 g/mol. The molecule has 0 bridgehead atoms. The van der Waals surface area contributed by atoms with Gasteiger partial charge in [0.05, 0.1) is 21.2 Å². The Hall–Kier alpha value is -2.06. The van der Waals surface area contributed by atoms with E-state index in [1.807, 2.05) is 24.3 Å². The lowest BCUT2D eigenvalue weighted by Crippen LogP contribution is -2.42. The summed E-state index contributed by atoms with van der Waals surface area (Å²) in [5.74, 6) is -2.20. The minimum Gasteiger partial charge on any atom is -0.481 e. The highest BCUT2D eigenvalue weighted by molar-refractivity contribution is 7.23. The fraction of sp³-hybridized carbons (Fsp3) is 0.333. The molecule has 4 rings (SSSR count). The number of carboxylic acid groups (broad SMARTS) is 1. The van der Waals surface area contributed by atoms with E-state index in [1.54, 1.807) is 13.2 Å². The van der Waals surface area contributed by atoms with Crippen molar-refractivity contribution in [2.75, 3.05) is 13.7 Å². The van der Waals surface area contributed by atoms with Gasteiger partial charge in [0.1, 0.15) is 10.0 Å². The number of H-pyrrole nitrogens is 1. The summed E-state index contributed by atoms with van der Waals surface area (Å²) in [6, 6.07) is 9.13. The van der Waals surface area contributed by atoms with Crippen LogP contribution in [-0.4, -0.2) is 41.7 Å². The second kappa shape index (κ2) is 8.59. The Bertz CT molecular complexity index is 1110. The van der Waals surface area contributed by atoms with Crippen LogP contribution < -0.4 is 5.32 Å². The van der Waals surface area contributed by atoms with E-state index in [0.29, 0.717) is 40.0 Å². The van der Waals surface area contributed by atoms with Crippen molar-refractivity contribution in [1.82, 2.24) is 10.3 Å². The number of rotatable bonds is 7. The highest BCUT2D eigenvalue weighted by Crippen LogP contribution is 2.41. The Morgan fingerprint density at radius 2 is 2.13 bits per heavy atom. The number of carboxylic acids is 1. The summed E-state index contributed by atoms with van der Waals surface area (Å²) in [5, 5.41) is 13.3. The molecule has 1 aliphatic rings. The second-order valence-corrected chi connectivity index (χ2v) is 9.38. The fourth-order valence-corrected chi connectivity index (χ4v) is 5.73. The molecule has 0 fully saturated rings. The number of aromatic nitrogens is 1. The Kier molecular flexibility index (Phi) is 6.06. The number of thiophene rings is 1. The van der Waals surface area contributed by atoms with Crippen molar-refractivity contribution < 1.29 is 19.4 Å². The van der Waals surface area contributed by atoms with Crippen molar-refractivity contribution in [3.63, 3.8) is 0 Å². The zero-order valence-electron chi connectivity index (χ0n) is 16.1. The van der Waals surface area contributed by atoms with Crippen molar-refractivity contribution >= 4 is 56.6 Å². The van der Waals surface area contributed by atoms with Gasteiger partial charge >= 0.3 is 5.97 Å². The minimum absolute atomic E-state index is 0.302. The number of aromatic amines is 1. The molecule has 0 radical (unpaired) electrons. The van der Waals surface area contributed by atoms with Crippen LogP contribution in [0.4, 0.5) is 0 Å². The van der Waals surface area contributed by atoms with Gasteiger partial charge in [0, 0.05) is 25.7 Å². The molecule has 3 atom stereocenters. The third-order valence-electron chi connectivity index (χ3n) is 5.61. The van der Waals surface area contributed by atoms with E-state index in [1.165, 1.54) is 11.3 Å². The number of carbonyl (C=O) groups is 2. The largest absolute Gasteiger partial charge is 0.481 e. The molecular weight excluding hydrogens is 447 g/mol. The Balaban J connectivity index is 1.62. The molecule has 0 aliphatic heterocycles. The predicted octanol–water partition coefficient (Wildman–Crippen LogP) is 4.71. The number of hydrogen-bond donors (Lipinski definition) is 3. The maximum Gasteiger partial charge on any atom is 0.307 e. The molecule has 6 nitrogen and oxygen atoms in total. The molecule has 158 valence electrons. The summed E-state index contributed by atoms with van der Waals surface area (Å²) < 4.78 is 6.39. The third kappa shape index (κ3) is 3.83. The van der Waals surface area contributed by atoms with Crippen molar-refractivity contribution in [3.8, 4) is 0 Å². The summed E-state index contributed by atoms with van der Waals surface area (Å²) in [6.07, 6.45) is 0.939. The number of hydrogen-bond acceptors (Lipinski definition) is 4. The summed E-state index contributed by atoms with van der Waals surface area (Å²) >= 11 is 13.5. The molecule has 2 heterocycles. The van der Waals surface area contributed by atoms with Crippen LogP contribution in [0, 0.1) is 5.92 Å². The summed E-state index contributed by atoms with van der Waals surface area (Å²) in [6.45, 7) is 0.336. The first kappa shape index (κ1) is 21.2. The maximum absolute atomic E-state index is 13.0. The first-order valence-corrected chi connectivity index (χ1v) is 11.0. The zero-order chi connectivity index (χ0) is 21.4. The van der Waals surface area contributed by atoms with Gasteiger partial charge in [-0.25, -0.2) is 0 Å². The van der Waals surface area contributed by atoms with E-state index in [0.717, 1.165) is 15.8 Å². The number of methoxy groups -OCH3 is 1. The van der Waals surface area contributed by atoms with Crippen molar-refractivity contribution in [2.45, 2.75) is 24.8 Å². The van der Waals surface area contributed by atoms with Crippen LogP contribution in [0.5, 0.6) is 0 Å². The lowest BCUT2D eigenvalue weighted by molar-refractivity contribution is -0.143. The standard InChI is InChI=1S/C21H20Cl2N2O4S/c1-29-7-6-12(21(27)28)16-11-5-3-2-4-10(11)8-13(16)25-20(26)14-9-15-18(24-14)17(22)19(23)30-15/h2-5,9,12-13,16,24H,6-8H2,1H3,(H,25,26)(H,27,28)/t12-,13-,16+/m1/s1. The normalized spacial score (nSPS) is 19.0. The van der Waals surface area contributed by atoms with Gasteiger partial charge in [0.2, 0.25) is 0 Å². The lowest BCUT2D eigenvalue weighted by Gasteiger charge is -2.27. The van der Waals surface area contributed by atoms with Gasteiger partial charge in [-0.15, -0.1) is 11.3 Å². The Morgan fingerprint density at radius 1 is 1.37 bits per heavy atom. The number of halogens is 2. The van der Waals surface area contributed by atoms with Crippen LogP contribution in [0.25, 0.3) is 10.2 Å². The van der Waals surface area contributed by atoms with Crippen molar-refractivity contribution in [1.29, 1.82) is 0 Å². The van der Waals surface area contributed by atoms with Crippen LogP contribution in [0.15, 0.2) is 30.3 Å². The average Bonchev–Trinajstić information content (AvgIpc) is 3.36. The van der Waals surface area contributed by atoms with Gasteiger partial charge in [0.25, 0.3) is 5.91 Å². The maximum atomic E-state index is 13.0. The number of amides is 1. The molecule has 0 spiro atoms. The molecule has 2 aromatic heterocycles. The summed E-state index contributed by atoms with van der Waals surface area (Å²) in [7, 11) is 1.55. The summed E-state index contributed by atoms with van der Waals surface area (Å²) in [5.41, 5.74) is 3.02. The van der Waals surface area contributed by atoms with Crippen LogP contribution in [0.2, 0.25) is 9.36 Å². The van der Waals surface area contributed by atoms with E-state index < -0.39 is 11.9 Å². The first-order valence-electron chi connectivity index (χ1n) is 9.47. The van der Waals surface area contributed by atoms with E-state index in [-0.39, 0.29) is 17.9 Å². The first-order chi connectivity index (χ1) is 14.4. The van der Waals surface area contributed by atoms with E-state index in [4.69, 9.17) is 27.9 Å². The van der Waals surface area contributed by atoms with Gasteiger partial charge < -0.3 is 20.1 Å². The van der Waals surface area contributed by atoms with Gasteiger partial charge in [-0.3, -0.25) is 9.59 Å². The third-order valence-corrected chi connectivity index (χ3v) is 7.54. The molecule has 30 heavy (non-hydrogen) atoms. The lowest BCUT2D eigenvalue weighted by atomic mass is 9.82. The molecule has 1 aromatic carbocycles. The fourth-order valence-electron chi connectivity index (χ4n) is 4.25. The monoisotopic (exact) mass is 466 g/mol. The smallest absolute Gasteiger partial charge is 0.307 e. The number of ether oxygens (including phenoxy) is 1. The predicted molar refractivity (Wildman–Crippen MR) is 118 cm³/mol. The number of fused-ring (bicyclic) bond motifs is 2. The number of aliphatic carboxylic acids is 1. The topological polar surface area (TPSA) is 91.4 Å². The summed E-state index contributed by atoms with van der Waals surface area (Å²) in [4.78, 5) is 28.1. The quantitative estimate of drug-likeness (QED) is 0.469. The van der Waals surface area contributed by atoms with Crippen LogP contribution in [0.1, 0.15) is 34.0 Å². The Morgan fingerprint density at radius 3 is 2.83 bits per heavy atom. The number of carbonyl (C=O) groups excluding carboxylic acids is 1. The molecule has 9 heteroatoms. The van der Waals surface area contributed by atoms with Crippen LogP contribution in [0.3, 0.4) is 0 Å². The molecular formula is C21H20Cl2N2O4S. The van der Waals surface area contributed by atoms with Crippen LogP contribution >= 0.6 is 34.5 Å². The zero-order valence-corrected chi connectivity index (χ0v) is 18.4. The Labute approximate surface area is 187 Å². The molecule has 0 saturated heterocycles.